The molecule has 154 valence electrons. The molecule has 4 aromatic rings. The minimum atomic E-state index is -0.561. The van der Waals surface area contributed by atoms with Crippen molar-refractivity contribution < 1.29 is 10.2 Å². The second kappa shape index (κ2) is 7.63. The van der Waals surface area contributed by atoms with Crippen LogP contribution in [0.1, 0.15) is 22.6 Å². The van der Waals surface area contributed by atoms with Crippen molar-refractivity contribution in [3.63, 3.8) is 0 Å². The number of aryl methyl sites for hydroxylation is 2. The molecule has 0 radical (unpaired) electrons. The lowest BCUT2D eigenvalue weighted by atomic mass is 10.1. The minimum Gasteiger partial charge on any atom is -0.504 e. The number of aromatic amines is 1. The fourth-order valence-electron chi connectivity index (χ4n) is 3.12. The van der Waals surface area contributed by atoms with Gasteiger partial charge >= 0.3 is 0 Å². The Morgan fingerprint density at radius 2 is 1.87 bits per heavy atom. The molecule has 0 aliphatic carbocycles. The average Bonchev–Trinajstić information content (AvgIpc) is 3.01. The number of H-pyrrole nitrogens is 1. The highest BCUT2D eigenvalue weighted by molar-refractivity contribution is 6.31. The highest BCUT2D eigenvalue weighted by Gasteiger charge is 2.16. The summed E-state index contributed by atoms with van der Waals surface area (Å²) in [6.45, 7) is 3.74. The first-order chi connectivity index (χ1) is 14.8. The number of aromatic hydroxyl groups is 2. The van der Waals surface area contributed by atoms with Gasteiger partial charge in [0.1, 0.15) is 11.2 Å². The predicted molar refractivity (Wildman–Crippen MR) is 117 cm³/mol. The maximum Gasteiger partial charge on any atom is 0.259 e. The molecule has 3 N–H and O–H groups in total. The molecule has 2 aromatic heterocycles. The number of phenolic OH excluding ortho intramolecular Hbond substituents is 2. The molecule has 2 aromatic carbocycles. The van der Waals surface area contributed by atoms with E-state index in [0.29, 0.717) is 16.4 Å². The van der Waals surface area contributed by atoms with E-state index >= 15 is 0 Å². The summed E-state index contributed by atoms with van der Waals surface area (Å²) in [5.41, 5.74) is 2.59. The van der Waals surface area contributed by atoms with Gasteiger partial charge in [0.05, 0.1) is 27.9 Å². The first-order valence-corrected chi connectivity index (χ1v) is 9.56. The highest BCUT2D eigenvalue weighted by atomic mass is 35.5. The first kappa shape index (κ1) is 20.2. The molecule has 0 aliphatic heterocycles. The van der Waals surface area contributed by atoms with Gasteiger partial charge in [-0.3, -0.25) is 4.79 Å². The van der Waals surface area contributed by atoms with Crippen LogP contribution >= 0.6 is 11.6 Å². The predicted octanol–water partition coefficient (Wildman–Crippen LogP) is 3.85. The molecule has 31 heavy (non-hydrogen) atoms. The Morgan fingerprint density at radius 3 is 2.55 bits per heavy atom. The van der Waals surface area contributed by atoms with Gasteiger partial charge in [-0.05, 0) is 38.1 Å². The standard InChI is InChI=1S/C22H16ClN5O3/c1-11-3-5-14(6-4-11)28-20(23)15(12(2)27-28)7-13(10-24)21-25-17-9-19(30)18(29)8-16(17)22(31)26-21/h3-9,29-30H,1-2H3,(H,25,26,31)/b13-7+. The van der Waals surface area contributed by atoms with E-state index in [1.807, 2.05) is 37.3 Å². The van der Waals surface area contributed by atoms with Crippen molar-refractivity contribution in [3.8, 4) is 23.3 Å². The molecule has 8 nitrogen and oxygen atoms in total. The summed E-state index contributed by atoms with van der Waals surface area (Å²) in [5, 5.41) is 33.9. The van der Waals surface area contributed by atoms with Crippen molar-refractivity contribution in [2.24, 2.45) is 0 Å². The summed E-state index contributed by atoms with van der Waals surface area (Å²) in [6, 6.07) is 11.9. The Bertz CT molecular complexity index is 1460. The molecule has 0 saturated carbocycles. The SMILES string of the molecule is Cc1ccc(-n2nc(C)c(/C=C(\C#N)c3nc4cc(O)c(O)cc4c(=O)[nH]3)c2Cl)cc1. The molecule has 0 spiro atoms. The smallest absolute Gasteiger partial charge is 0.259 e. The zero-order valence-electron chi connectivity index (χ0n) is 16.5. The Labute approximate surface area is 181 Å². The Kier molecular flexibility index (Phi) is 4.97. The Morgan fingerprint density at radius 1 is 1.19 bits per heavy atom. The number of allylic oxidation sites excluding steroid dienone is 1. The molecule has 4 rings (SSSR count). The van der Waals surface area contributed by atoms with E-state index < -0.39 is 17.1 Å². The third-order valence-corrected chi connectivity index (χ3v) is 5.16. The van der Waals surface area contributed by atoms with Crippen LogP contribution in [0.3, 0.4) is 0 Å². The van der Waals surface area contributed by atoms with Crippen LogP contribution in [0.25, 0.3) is 28.2 Å². The fraction of sp³-hybridized carbons (Fsp3) is 0.0909. The van der Waals surface area contributed by atoms with E-state index in [2.05, 4.69) is 15.1 Å². The van der Waals surface area contributed by atoms with E-state index in [4.69, 9.17) is 11.6 Å². The van der Waals surface area contributed by atoms with Gasteiger partial charge in [-0.1, -0.05) is 29.3 Å². The van der Waals surface area contributed by atoms with Crippen LogP contribution < -0.4 is 5.56 Å². The molecule has 0 unspecified atom stereocenters. The molecule has 0 fully saturated rings. The third kappa shape index (κ3) is 3.63. The Hall–Kier alpha value is -4.09. The van der Waals surface area contributed by atoms with Gasteiger partial charge < -0.3 is 15.2 Å². The number of nitrogens with one attached hydrogen (secondary N) is 1. The lowest BCUT2D eigenvalue weighted by Gasteiger charge is -2.05. The zero-order chi connectivity index (χ0) is 22.3. The summed E-state index contributed by atoms with van der Waals surface area (Å²) in [6.07, 6.45) is 1.50. The van der Waals surface area contributed by atoms with E-state index in [0.717, 1.165) is 23.4 Å². The van der Waals surface area contributed by atoms with E-state index in [9.17, 15) is 20.3 Å². The van der Waals surface area contributed by atoms with Crippen LogP contribution in [-0.4, -0.2) is 30.0 Å². The zero-order valence-corrected chi connectivity index (χ0v) is 17.3. The average molecular weight is 434 g/mol. The van der Waals surface area contributed by atoms with Crippen molar-refractivity contribution >= 4 is 34.2 Å². The molecular weight excluding hydrogens is 418 g/mol. The van der Waals surface area contributed by atoms with Crippen LogP contribution in [0.15, 0.2) is 41.2 Å². The van der Waals surface area contributed by atoms with Crippen LogP contribution in [0.5, 0.6) is 11.5 Å². The van der Waals surface area contributed by atoms with Gasteiger partial charge in [0.2, 0.25) is 0 Å². The number of hydrogen-bond acceptors (Lipinski definition) is 6. The van der Waals surface area contributed by atoms with E-state index in [1.165, 1.54) is 6.08 Å². The van der Waals surface area contributed by atoms with E-state index in [1.54, 1.807) is 11.6 Å². The molecule has 0 atom stereocenters. The number of aromatic nitrogens is 4. The number of benzene rings is 2. The second-order valence-electron chi connectivity index (χ2n) is 6.98. The minimum absolute atomic E-state index is 0.00337. The van der Waals surface area contributed by atoms with Crippen LogP contribution in [0, 0.1) is 25.2 Å². The molecule has 0 aliphatic rings. The number of phenols is 2. The summed E-state index contributed by atoms with van der Waals surface area (Å²) < 4.78 is 1.56. The topological polar surface area (TPSA) is 128 Å². The van der Waals surface area contributed by atoms with Crippen LogP contribution in [0.2, 0.25) is 5.15 Å². The normalized spacial score (nSPS) is 11.6. The molecular formula is C22H16ClN5O3. The summed E-state index contributed by atoms with van der Waals surface area (Å²) in [5.74, 6) is -0.851. The number of rotatable bonds is 3. The van der Waals surface area contributed by atoms with Crippen molar-refractivity contribution in [3.05, 3.63) is 74.6 Å². The number of nitrogens with zero attached hydrogens (tertiary/aromatic N) is 4. The summed E-state index contributed by atoms with van der Waals surface area (Å²) >= 11 is 6.55. The van der Waals surface area contributed by atoms with Gasteiger partial charge in [0, 0.05) is 11.6 Å². The third-order valence-electron chi connectivity index (χ3n) is 4.79. The fourth-order valence-corrected chi connectivity index (χ4v) is 3.45. The lowest BCUT2D eigenvalue weighted by Crippen LogP contribution is -2.11. The highest BCUT2D eigenvalue weighted by Crippen LogP contribution is 2.30. The number of hydrogen-bond donors (Lipinski definition) is 3. The molecule has 2 heterocycles. The van der Waals surface area contributed by atoms with Crippen molar-refractivity contribution in [2.75, 3.05) is 0 Å². The maximum atomic E-state index is 12.4. The van der Waals surface area contributed by atoms with Crippen molar-refractivity contribution in [1.82, 2.24) is 19.7 Å². The largest absolute Gasteiger partial charge is 0.504 e. The van der Waals surface area contributed by atoms with Crippen LogP contribution in [-0.2, 0) is 0 Å². The van der Waals surface area contributed by atoms with Crippen molar-refractivity contribution in [2.45, 2.75) is 13.8 Å². The van der Waals surface area contributed by atoms with Gasteiger partial charge in [-0.15, -0.1) is 0 Å². The molecule has 0 saturated heterocycles. The van der Waals surface area contributed by atoms with Gasteiger partial charge in [-0.2, -0.15) is 10.4 Å². The van der Waals surface area contributed by atoms with Gasteiger partial charge in [-0.25, -0.2) is 9.67 Å². The molecule has 0 bridgehead atoms. The quantitative estimate of drug-likeness (QED) is 0.332. The maximum absolute atomic E-state index is 12.4. The van der Waals surface area contributed by atoms with Gasteiger partial charge in [0.15, 0.2) is 17.3 Å². The number of fused-ring (bicyclic) bond motifs is 1. The second-order valence-corrected chi connectivity index (χ2v) is 7.34. The molecule has 0 amide bonds. The first-order valence-electron chi connectivity index (χ1n) is 9.19. The van der Waals surface area contributed by atoms with Crippen molar-refractivity contribution in [1.29, 1.82) is 5.26 Å². The lowest BCUT2D eigenvalue weighted by molar-refractivity contribution is 0.404. The van der Waals surface area contributed by atoms with E-state index in [-0.39, 0.29) is 22.3 Å². The monoisotopic (exact) mass is 433 g/mol. The summed E-state index contributed by atoms with van der Waals surface area (Å²) in [4.78, 5) is 19.2. The molecule has 9 heteroatoms. The van der Waals surface area contributed by atoms with Crippen LogP contribution in [0.4, 0.5) is 0 Å². The van der Waals surface area contributed by atoms with Gasteiger partial charge in [0.25, 0.3) is 5.56 Å². The number of nitriles is 1. The Balaban J connectivity index is 1.85. The number of halogens is 1. The summed E-state index contributed by atoms with van der Waals surface area (Å²) in [7, 11) is 0.